The number of hydrogen-bond donors (Lipinski definition) is 1. The Bertz CT molecular complexity index is 737. The van der Waals surface area contributed by atoms with E-state index in [0.717, 1.165) is 4.68 Å². The molecule has 2 aromatic rings. The third-order valence-corrected chi connectivity index (χ3v) is 3.23. The van der Waals surface area contributed by atoms with Crippen molar-refractivity contribution in [2.24, 2.45) is 0 Å². The van der Waals surface area contributed by atoms with Crippen LogP contribution in [-0.4, -0.2) is 35.1 Å². The van der Waals surface area contributed by atoms with Crippen LogP contribution in [0.25, 0.3) is 11.3 Å². The Morgan fingerprint density at radius 3 is 2.36 bits per heavy atom. The van der Waals surface area contributed by atoms with E-state index >= 15 is 0 Å². The van der Waals surface area contributed by atoms with Gasteiger partial charge in [-0.3, -0.25) is 4.79 Å². The normalized spacial score (nSPS) is 11.8. The number of benzene rings is 1. The van der Waals surface area contributed by atoms with Gasteiger partial charge in [0.1, 0.15) is 11.4 Å². The van der Waals surface area contributed by atoms with Crippen molar-refractivity contribution in [1.82, 2.24) is 9.78 Å². The summed E-state index contributed by atoms with van der Waals surface area (Å²) in [4.78, 5) is 23.1. The summed E-state index contributed by atoms with van der Waals surface area (Å²) in [5.74, 6) is -0.181. The lowest BCUT2D eigenvalue weighted by Crippen LogP contribution is -2.30. The van der Waals surface area contributed by atoms with Crippen LogP contribution in [0.1, 0.15) is 13.0 Å². The molecule has 1 aromatic carbocycles. The van der Waals surface area contributed by atoms with Crippen molar-refractivity contribution in [3.8, 4) is 22.8 Å². The number of ether oxygens (including phenoxy) is 2. The summed E-state index contributed by atoms with van der Waals surface area (Å²) in [6, 6.07) is 7.15. The highest BCUT2D eigenvalue weighted by molar-refractivity contribution is 5.71. The molecule has 0 saturated heterocycles. The summed E-state index contributed by atoms with van der Waals surface area (Å²) >= 11 is 0. The van der Waals surface area contributed by atoms with Gasteiger partial charge in [0.25, 0.3) is 5.56 Å². The number of hydrogen-bond acceptors (Lipinski definition) is 5. The molecule has 7 nitrogen and oxygen atoms in total. The predicted molar refractivity (Wildman–Crippen MR) is 79.4 cm³/mol. The van der Waals surface area contributed by atoms with Crippen LogP contribution in [0.3, 0.4) is 0 Å². The molecule has 0 bridgehead atoms. The zero-order valence-corrected chi connectivity index (χ0v) is 12.4. The van der Waals surface area contributed by atoms with Gasteiger partial charge in [0.2, 0.25) is 0 Å². The molecule has 116 valence electrons. The number of carbonyl (C=O) groups is 1. The van der Waals surface area contributed by atoms with Crippen molar-refractivity contribution in [3.05, 3.63) is 40.7 Å². The topological polar surface area (TPSA) is 90.7 Å². The van der Waals surface area contributed by atoms with Crippen molar-refractivity contribution < 1.29 is 19.4 Å². The minimum absolute atomic E-state index is 0.281. The van der Waals surface area contributed by atoms with Gasteiger partial charge in [-0.2, -0.15) is 5.10 Å². The predicted octanol–water partition coefficient (Wildman–Crippen LogP) is 1.57. The quantitative estimate of drug-likeness (QED) is 0.901. The van der Waals surface area contributed by atoms with Crippen LogP contribution in [-0.2, 0) is 4.79 Å². The number of aromatic nitrogens is 2. The van der Waals surface area contributed by atoms with E-state index in [9.17, 15) is 9.59 Å². The Morgan fingerprint density at radius 1 is 1.23 bits per heavy atom. The van der Waals surface area contributed by atoms with Crippen LogP contribution in [0.2, 0.25) is 0 Å². The molecule has 0 aliphatic carbocycles. The van der Waals surface area contributed by atoms with E-state index < -0.39 is 17.6 Å². The van der Waals surface area contributed by atoms with Gasteiger partial charge in [-0.15, -0.1) is 0 Å². The Hall–Kier alpha value is -2.83. The number of aliphatic carboxylic acids is 1. The summed E-state index contributed by atoms with van der Waals surface area (Å²) < 4.78 is 11.2. The molecule has 0 amide bonds. The Morgan fingerprint density at radius 2 is 1.86 bits per heavy atom. The van der Waals surface area contributed by atoms with Gasteiger partial charge in [0.05, 0.1) is 14.2 Å². The van der Waals surface area contributed by atoms with E-state index in [1.807, 2.05) is 0 Å². The van der Waals surface area contributed by atoms with E-state index in [1.165, 1.54) is 20.1 Å². The van der Waals surface area contributed by atoms with Gasteiger partial charge < -0.3 is 14.6 Å². The molecule has 0 aliphatic rings. The lowest BCUT2D eigenvalue weighted by Gasteiger charge is -2.14. The Labute approximate surface area is 126 Å². The van der Waals surface area contributed by atoms with Crippen molar-refractivity contribution in [3.63, 3.8) is 0 Å². The average molecular weight is 304 g/mol. The molecule has 1 atom stereocenters. The molecule has 0 saturated carbocycles. The fourth-order valence-electron chi connectivity index (χ4n) is 1.94. The molecule has 22 heavy (non-hydrogen) atoms. The van der Waals surface area contributed by atoms with Crippen molar-refractivity contribution in [2.45, 2.75) is 13.0 Å². The summed E-state index contributed by atoms with van der Waals surface area (Å²) in [5, 5.41) is 13.2. The second-order valence-corrected chi connectivity index (χ2v) is 4.59. The van der Waals surface area contributed by atoms with Gasteiger partial charge in [-0.25, -0.2) is 9.48 Å². The highest BCUT2D eigenvalue weighted by Gasteiger charge is 2.19. The maximum Gasteiger partial charge on any atom is 0.328 e. The summed E-state index contributed by atoms with van der Waals surface area (Å²) in [6.07, 6.45) is 0. The maximum absolute atomic E-state index is 12.0. The monoisotopic (exact) mass is 304 g/mol. The lowest BCUT2D eigenvalue weighted by molar-refractivity contribution is -0.140. The van der Waals surface area contributed by atoms with Crippen LogP contribution in [0.5, 0.6) is 11.5 Å². The van der Waals surface area contributed by atoms with Crippen LogP contribution in [0, 0.1) is 0 Å². The van der Waals surface area contributed by atoms with E-state index in [1.54, 1.807) is 31.4 Å². The molecule has 1 N–H and O–H groups in total. The minimum Gasteiger partial charge on any atom is -0.497 e. The number of carboxylic acid groups (broad SMARTS) is 1. The third-order valence-electron chi connectivity index (χ3n) is 3.23. The molecule has 2 rings (SSSR count). The molecular formula is C15H16N2O5. The second kappa shape index (κ2) is 6.30. The van der Waals surface area contributed by atoms with E-state index in [-0.39, 0.29) is 5.75 Å². The standard InChI is InChI=1S/C15H16N2O5/c1-9(15(19)20)17-13(18)8-12(22-3)14(16-17)10-4-6-11(21-2)7-5-10/h4-9H,1-3H3,(H,19,20)/t9-/m1/s1. The van der Waals surface area contributed by atoms with Gasteiger partial charge >= 0.3 is 5.97 Å². The van der Waals surface area contributed by atoms with Gasteiger partial charge in [-0.1, -0.05) is 0 Å². The van der Waals surface area contributed by atoms with E-state index in [4.69, 9.17) is 14.6 Å². The van der Waals surface area contributed by atoms with Crippen LogP contribution in [0.15, 0.2) is 35.1 Å². The van der Waals surface area contributed by atoms with Crippen molar-refractivity contribution >= 4 is 5.97 Å². The number of rotatable bonds is 5. The second-order valence-electron chi connectivity index (χ2n) is 4.59. The fraction of sp³-hybridized carbons (Fsp3) is 0.267. The largest absolute Gasteiger partial charge is 0.497 e. The molecular weight excluding hydrogens is 288 g/mol. The number of carboxylic acids is 1. The van der Waals surface area contributed by atoms with Crippen molar-refractivity contribution in [1.29, 1.82) is 0 Å². The van der Waals surface area contributed by atoms with Gasteiger partial charge in [0.15, 0.2) is 11.8 Å². The first-order valence-corrected chi connectivity index (χ1v) is 6.53. The SMILES string of the molecule is COc1ccc(-c2nn([C@H](C)C(=O)O)c(=O)cc2OC)cc1. The number of methoxy groups -OCH3 is 2. The van der Waals surface area contributed by atoms with Crippen molar-refractivity contribution in [2.75, 3.05) is 14.2 Å². The smallest absolute Gasteiger partial charge is 0.328 e. The highest BCUT2D eigenvalue weighted by atomic mass is 16.5. The summed E-state index contributed by atoms with van der Waals surface area (Å²) in [7, 11) is 2.98. The van der Waals surface area contributed by atoms with Crippen LogP contribution < -0.4 is 15.0 Å². The third kappa shape index (κ3) is 2.93. The first-order chi connectivity index (χ1) is 10.5. The minimum atomic E-state index is -1.14. The molecule has 0 radical (unpaired) electrons. The Kier molecular flexibility index (Phi) is 4.45. The molecule has 0 aliphatic heterocycles. The van der Waals surface area contributed by atoms with E-state index in [2.05, 4.69) is 5.10 Å². The van der Waals surface area contributed by atoms with Crippen LogP contribution in [0.4, 0.5) is 0 Å². The first-order valence-electron chi connectivity index (χ1n) is 6.53. The Balaban J connectivity index is 2.59. The zero-order valence-electron chi connectivity index (χ0n) is 12.4. The molecule has 0 spiro atoms. The average Bonchev–Trinajstić information content (AvgIpc) is 2.53. The lowest BCUT2D eigenvalue weighted by atomic mass is 10.1. The molecule has 0 unspecified atom stereocenters. The number of nitrogens with zero attached hydrogens (tertiary/aromatic N) is 2. The summed E-state index contributed by atoms with van der Waals surface area (Å²) in [6.45, 7) is 1.39. The molecule has 1 heterocycles. The van der Waals surface area contributed by atoms with E-state index in [0.29, 0.717) is 17.0 Å². The zero-order chi connectivity index (χ0) is 16.3. The molecule has 0 fully saturated rings. The first kappa shape index (κ1) is 15.6. The fourth-order valence-corrected chi connectivity index (χ4v) is 1.94. The van der Waals surface area contributed by atoms with Gasteiger partial charge in [0, 0.05) is 11.6 Å². The maximum atomic E-state index is 12.0. The summed E-state index contributed by atoms with van der Waals surface area (Å²) in [5.41, 5.74) is 0.533. The van der Waals surface area contributed by atoms with Gasteiger partial charge in [-0.05, 0) is 31.2 Å². The molecule has 7 heteroatoms. The molecule has 1 aromatic heterocycles. The highest BCUT2D eigenvalue weighted by Crippen LogP contribution is 2.28. The van der Waals surface area contributed by atoms with Crippen LogP contribution >= 0.6 is 0 Å².